The van der Waals surface area contributed by atoms with Crippen LogP contribution in [0.4, 0.5) is 8.78 Å². The first-order valence-corrected chi connectivity index (χ1v) is 9.46. The number of ether oxygens (including phenoxy) is 1. The van der Waals surface area contributed by atoms with Gasteiger partial charge in [0.2, 0.25) is 5.91 Å². The van der Waals surface area contributed by atoms with E-state index in [1.165, 1.54) is 6.07 Å². The van der Waals surface area contributed by atoms with Crippen molar-refractivity contribution in [2.45, 2.75) is 31.0 Å². The monoisotopic (exact) mass is 390 g/mol. The van der Waals surface area contributed by atoms with Gasteiger partial charge in [-0.3, -0.25) is 9.69 Å². The van der Waals surface area contributed by atoms with Gasteiger partial charge in [-0.05, 0) is 24.6 Å². The molecule has 2 aliphatic rings. The molecule has 2 saturated heterocycles. The molecule has 0 N–H and O–H groups in total. The van der Waals surface area contributed by atoms with E-state index in [9.17, 15) is 13.6 Å². The topological polar surface area (TPSA) is 50.6 Å². The van der Waals surface area contributed by atoms with E-state index in [1.807, 2.05) is 10.8 Å². The number of morpholine rings is 1. The predicted octanol–water partition coefficient (Wildman–Crippen LogP) is 2.32. The fraction of sp³-hybridized carbons (Fsp3) is 0.500. The van der Waals surface area contributed by atoms with E-state index < -0.39 is 11.6 Å². The van der Waals surface area contributed by atoms with Crippen molar-refractivity contribution < 1.29 is 18.3 Å². The van der Waals surface area contributed by atoms with Crippen LogP contribution in [0.1, 0.15) is 18.9 Å². The lowest BCUT2D eigenvalue weighted by Gasteiger charge is -2.35. The molecule has 6 nitrogen and oxygen atoms in total. The van der Waals surface area contributed by atoms with Crippen LogP contribution in [0.3, 0.4) is 0 Å². The van der Waals surface area contributed by atoms with Crippen molar-refractivity contribution in [2.24, 2.45) is 0 Å². The minimum Gasteiger partial charge on any atom is -0.375 e. The van der Waals surface area contributed by atoms with Crippen LogP contribution >= 0.6 is 0 Å². The van der Waals surface area contributed by atoms with Gasteiger partial charge >= 0.3 is 0 Å². The average Bonchev–Trinajstić information content (AvgIpc) is 3.30. The molecule has 1 amide bonds. The number of aromatic nitrogens is 2. The van der Waals surface area contributed by atoms with Crippen LogP contribution in [0, 0.1) is 11.6 Å². The summed E-state index contributed by atoms with van der Waals surface area (Å²) in [6, 6.07) is 4.31. The summed E-state index contributed by atoms with van der Waals surface area (Å²) in [7, 11) is 3.50. The Labute approximate surface area is 162 Å². The molecular weight excluding hydrogens is 366 g/mol. The zero-order valence-electron chi connectivity index (χ0n) is 16.0. The SMILES string of the molecule is CN(C)C(=O)C[C@H]1CN2C[C@H](n3ccnc3-c3ccc(F)c(F)c3)C[C@H]2CO1. The number of carbonyl (C=O) groups excluding carboxylic acids is 1. The lowest BCUT2D eigenvalue weighted by molar-refractivity contribution is -0.134. The molecule has 0 saturated carbocycles. The van der Waals surface area contributed by atoms with E-state index >= 15 is 0 Å². The Hall–Kier alpha value is -2.32. The molecule has 2 fully saturated rings. The maximum atomic E-state index is 13.7. The quantitative estimate of drug-likeness (QED) is 0.804. The van der Waals surface area contributed by atoms with Gasteiger partial charge in [0.15, 0.2) is 11.6 Å². The Morgan fingerprint density at radius 1 is 1.25 bits per heavy atom. The van der Waals surface area contributed by atoms with Crippen molar-refractivity contribution in [3.63, 3.8) is 0 Å². The maximum Gasteiger partial charge on any atom is 0.224 e. The van der Waals surface area contributed by atoms with E-state index in [4.69, 9.17) is 4.74 Å². The molecule has 4 rings (SSSR count). The number of amides is 1. The van der Waals surface area contributed by atoms with Crippen molar-refractivity contribution in [2.75, 3.05) is 33.8 Å². The third-order valence-corrected chi connectivity index (χ3v) is 5.61. The second kappa shape index (κ2) is 7.60. The number of hydrogen-bond acceptors (Lipinski definition) is 4. The molecule has 0 aliphatic carbocycles. The molecule has 150 valence electrons. The smallest absolute Gasteiger partial charge is 0.224 e. The zero-order chi connectivity index (χ0) is 19.8. The minimum absolute atomic E-state index is 0.0643. The van der Waals surface area contributed by atoms with Crippen LogP contribution in [0.25, 0.3) is 11.4 Å². The Morgan fingerprint density at radius 3 is 2.82 bits per heavy atom. The zero-order valence-corrected chi connectivity index (χ0v) is 16.0. The normalized spacial score (nSPS) is 24.9. The van der Waals surface area contributed by atoms with Crippen LogP contribution in [0.15, 0.2) is 30.6 Å². The second-order valence-electron chi connectivity index (χ2n) is 7.73. The number of benzene rings is 1. The summed E-state index contributed by atoms with van der Waals surface area (Å²) in [4.78, 5) is 20.3. The second-order valence-corrected chi connectivity index (χ2v) is 7.73. The summed E-state index contributed by atoms with van der Waals surface area (Å²) in [5, 5.41) is 0. The summed E-state index contributed by atoms with van der Waals surface area (Å²) in [5.41, 5.74) is 0.555. The summed E-state index contributed by atoms with van der Waals surface area (Å²) >= 11 is 0. The Kier molecular flexibility index (Phi) is 5.16. The molecule has 1 aromatic carbocycles. The van der Waals surface area contributed by atoms with Gasteiger partial charge in [0.25, 0.3) is 0 Å². The van der Waals surface area contributed by atoms with Crippen LogP contribution < -0.4 is 0 Å². The van der Waals surface area contributed by atoms with Crippen molar-refractivity contribution >= 4 is 5.91 Å². The number of nitrogens with zero attached hydrogens (tertiary/aromatic N) is 4. The first kappa shape index (κ1) is 19.0. The molecule has 0 bridgehead atoms. The Bertz CT molecular complexity index is 870. The molecule has 2 aromatic rings. The van der Waals surface area contributed by atoms with Crippen LogP contribution in [-0.4, -0.2) is 71.2 Å². The van der Waals surface area contributed by atoms with Gasteiger partial charge in [-0.25, -0.2) is 13.8 Å². The number of carbonyl (C=O) groups is 1. The lowest BCUT2D eigenvalue weighted by atomic mass is 10.1. The van der Waals surface area contributed by atoms with Crippen molar-refractivity contribution in [1.29, 1.82) is 0 Å². The fourth-order valence-electron chi connectivity index (χ4n) is 4.08. The first-order valence-electron chi connectivity index (χ1n) is 9.46. The molecule has 3 atom stereocenters. The van der Waals surface area contributed by atoms with E-state index in [2.05, 4.69) is 9.88 Å². The minimum atomic E-state index is -0.877. The Balaban J connectivity index is 1.47. The molecule has 8 heteroatoms. The van der Waals surface area contributed by atoms with Gasteiger partial charge < -0.3 is 14.2 Å². The summed E-state index contributed by atoms with van der Waals surface area (Å²) in [6.07, 6.45) is 4.74. The van der Waals surface area contributed by atoms with Gasteiger partial charge in [0.1, 0.15) is 5.82 Å². The molecule has 3 heterocycles. The highest BCUT2D eigenvalue weighted by molar-refractivity contribution is 5.76. The van der Waals surface area contributed by atoms with Gasteiger partial charge in [-0.15, -0.1) is 0 Å². The highest BCUT2D eigenvalue weighted by atomic mass is 19.2. The summed E-state index contributed by atoms with van der Waals surface area (Å²) in [5.74, 6) is -1.05. The highest BCUT2D eigenvalue weighted by Gasteiger charge is 2.39. The maximum absolute atomic E-state index is 13.7. The molecule has 2 aliphatic heterocycles. The largest absolute Gasteiger partial charge is 0.375 e. The van der Waals surface area contributed by atoms with E-state index in [0.717, 1.165) is 25.6 Å². The van der Waals surface area contributed by atoms with Gasteiger partial charge in [-0.1, -0.05) is 0 Å². The first-order chi connectivity index (χ1) is 13.4. The third-order valence-electron chi connectivity index (χ3n) is 5.61. The number of hydrogen-bond donors (Lipinski definition) is 0. The fourth-order valence-corrected chi connectivity index (χ4v) is 4.08. The van der Waals surface area contributed by atoms with E-state index in [1.54, 1.807) is 31.3 Å². The lowest BCUT2D eigenvalue weighted by Crippen LogP contribution is -2.47. The number of imidazole rings is 1. The molecule has 0 spiro atoms. The number of halogens is 2. The van der Waals surface area contributed by atoms with E-state index in [-0.39, 0.29) is 24.1 Å². The predicted molar refractivity (Wildman–Crippen MR) is 99.6 cm³/mol. The van der Waals surface area contributed by atoms with E-state index in [0.29, 0.717) is 24.4 Å². The number of rotatable bonds is 4. The van der Waals surface area contributed by atoms with Gasteiger partial charge in [0.05, 0.1) is 19.1 Å². The molecule has 0 radical (unpaired) electrons. The van der Waals surface area contributed by atoms with Crippen molar-refractivity contribution in [3.05, 3.63) is 42.2 Å². The van der Waals surface area contributed by atoms with Crippen LogP contribution in [0.2, 0.25) is 0 Å². The van der Waals surface area contributed by atoms with Crippen molar-refractivity contribution in [3.8, 4) is 11.4 Å². The van der Waals surface area contributed by atoms with Gasteiger partial charge in [-0.2, -0.15) is 0 Å². The number of fused-ring (bicyclic) bond motifs is 1. The Morgan fingerprint density at radius 2 is 2.07 bits per heavy atom. The molecular formula is C20H24F2N4O2. The third kappa shape index (κ3) is 3.66. The standard InChI is InChI=1S/C20H24F2N4O2/c1-24(2)19(27)9-16-11-25-10-14(8-15(25)12-28-16)26-6-5-23-20(26)13-3-4-17(21)18(22)7-13/h3-7,14-16H,8-12H2,1-2H3/t14-,15+,16+/m1/s1. The summed E-state index contributed by atoms with van der Waals surface area (Å²) in [6.45, 7) is 2.13. The molecule has 1 aromatic heterocycles. The van der Waals surface area contributed by atoms with Crippen LogP contribution in [-0.2, 0) is 9.53 Å². The van der Waals surface area contributed by atoms with Crippen molar-refractivity contribution in [1.82, 2.24) is 19.4 Å². The highest BCUT2D eigenvalue weighted by Crippen LogP contribution is 2.34. The molecule has 28 heavy (non-hydrogen) atoms. The van der Waals surface area contributed by atoms with Gasteiger partial charge in [0, 0.05) is 57.2 Å². The average molecular weight is 390 g/mol. The van der Waals surface area contributed by atoms with Crippen LogP contribution in [0.5, 0.6) is 0 Å². The summed E-state index contributed by atoms with van der Waals surface area (Å²) < 4.78 is 34.9. The molecule has 0 unspecified atom stereocenters.